The first-order valence-corrected chi connectivity index (χ1v) is 7.10. The van der Waals surface area contributed by atoms with E-state index in [1.54, 1.807) is 6.92 Å². The van der Waals surface area contributed by atoms with Gasteiger partial charge in [-0.25, -0.2) is 17.7 Å². The van der Waals surface area contributed by atoms with Crippen LogP contribution in [0.4, 0.5) is 11.5 Å². The summed E-state index contributed by atoms with van der Waals surface area (Å²) < 4.78 is 24.2. The van der Waals surface area contributed by atoms with Crippen molar-refractivity contribution in [1.29, 1.82) is 0 Å². The molecule has 0 saturated heterocycles. The van der Waals surface area contributed by atoms with Crippen LogP contribution in [0.15, 0.2) is 12.3 Å². The zero-order chi connectivity index (χ0) is 14.6. The molecule has 0 aliphatic rings. The number of anilines is 1. The van der Waals surface area contributed by atoms with E-state index in [0.717, 1.165) is 10.5 Å². The molecule has 19 heavy (non-hydrogen) atoms. The third-order valence-corrected chi connectivity index (χ3v) is 4.32. The number of rotatable bonds is 6. The monoisotopic (exact) mass is 288 g/mol. The molecule has 1 aromatic heterocycles. The molecular weight excluding hydrogens is 272 g/mol. The zero-order valence-electron chi connectivity index (χ0n) is 11.0. The highest BCUT2D eigenvalue weighted by molar-refractivity contribution is 7.89. The largest absolute Gasteiger partial charge is 0.369 e. The van der Waals surface area contributed by atoms with Gasteiger partial charge in [-0.15, -0.1) is 0 Å². The molecule has 1 rings (SSSR count). The minimum atomic E-state index is -3.27. The Balaban J connectivity index is 2.67. The lowest BCUT2D eigenvalue weighted by molar-refractivity contribution is -0.385. The molecule has 1 aromatic rings. The van der Waals surface area contributed by atoms with Crippen molar-refractivity contribution < 1.29 is 13.3 Å². The van der Waals surface area contributed by atoms with Crippen molar-refractivity contribution in [2.75, 3.05) is 31.7 Å². The molecule has 9 heteroatoms. The minimum Gasteiger partial charge on any atom is -0.369 e. The lowest BCUT2D eigenvalue weighted by Crippen LogP contribution is -2.28. The number of hydrogen-bond acceptors (Lipinski definition) is 6. The van der Waals surface area contributed by atoms with Crippen LogP contribution in [0.2, 0.25) is 0 Å². The molecule has 0 aliphatic carbocycles. The van der Waals surface area contributed by atoms with Crippen LogP contribution < -0.4 is 5.32 Å². The molecule has 0 spiro atoms. The number of nitrogens with zero attached hydrogens (tertiary/aromatic N) is 3. The number of aromatic nitrogens is 1. The fourth-order valence-corrected chi connectivity index (χ4v) is 2.05. The number of sulfonamides is 1. The maximum absolute atomic E-state index is 11.5. The lowest BCUT2D eigenvalue weighted by atomic mass is 10.2. The Kier molecular flexibility index (Phi) is 4.78. The molecule has 0 bridgehead atoms. The molecule has 0 aromatic carbocycles. The molecule has 0 radical (unpaired) electrons. The van der Waals surface area contributed by atoms with Crippen molar-refractivity contribution in [3.8, 4) is 0 Å². The van der Waals surface area contributed by atoms with Gasteiger partial charge in [0, 0.05) is 26.7 Å². The second-order valence-electron chi connectivity index (χ2n) is 4.14. The molecule has 0 atom stereocenters. The molecule has 0 amide bonds. The van der Waals surface area contributed by atoms with Crippen LogP contribution >= 0.6 is 0 Å². The van der Waals surface area contributed by atoms with Gasteiger partial charge < -0.3 is 5.32 Å². The van der Waals surface area contributed by atoms with Gasteiger partial charge in [0.15, 0.2) is 0 Å². The smallest absolute Gasteiger partial charge is 0.287 e. The van der Waals surface area contributed by atoms with Gasteiger partial charge in [-0.1, -0.05) is 0 Å². The second-order valence-corrected chi connectivity index (χ2v) is 6.44. The quantitative estimate of drug-likeness (QED) is 0.607. The molecule has 1 heterocycles. The van der Waals surface area contributed by atoms with E-state index < -0.39 is 14.9 Å². The predicted octanol–water partition coefficient (Wildman–Crippen LogP) is 0.602. The molecule has 0 saturated carbocycles. The Morgan fingerprint density at radius 2 is 2.11 bits per heavy atom. The first kappa shape index (κ1) is 15.3. The van der Waals surface area contributed by atoms with Gasteiger partial charge in [0.2, 0.25) is 10.0 Å². The normalized spacial score (nSPS) is 11.6. The third-order valence-electron chi connectivity index (χ3n) is 2.48. The summed E-state index contributed by atoms with van der Waals surface area (Å²) >= 11 is 0. The van der Waals surface area contributed by atoms with Crippen molar-refractivity contribution in [1.82, 2.24) is 9.29 Å². The summed E-state index contributed by atoms with van der Waals surface area (Å²) in [7, 11) is -0.342. The number of nitro groups is 1. The first-order valence-electron chi connectivity index (χ1n) is 5.49. The first-order chi connectivity index (χ1) is 8.74. The number of hydrogen-bond donors (Lipinski definition) is 1. The predicted molar refractivity (Wildman–Crippen MR) is 71.6 cm³/mol. The Hall–Kier alpha value is -1.74. The van der Waals surface area contributed by atoms with Gasteiger partial charge in [0.25, 0.3) is 5.69 Å². The van der Waals surface area contributed by atoms with Gasteiger partial charge in [0.05, 0.1) is 10.7 Å². The molecule has 8 nitrogen and oxygen atoms in total. The molecule has 106 valence electrons. The Bertz CT molecular complexity index is 571. The van der Waals surface area contributed by atoms with Crippen molar-refractivity contribution in [3.05, 3.63) is 27.9 Å². The summed E-state index contributed by atoms with van der Waals surface area (Å²) in [5.41, 5.74) is 0.500. The highest BCUT2D eigenvalue weighted by Crippen LogP contribution is 2.17. The fourth-order valence-electron chi connectivity index (χ4n) is 1.33. The average molecular weight is 288 g/mol. The van der Waals surface area contributed by atoms with E-state index >= 15 is 0 Å². The summed E-state index contributed by atoms with van der Waals surface area (Å²) in [6.45, 7) is 1.86. The summed E-state index contributed by atoms with van der Waals surface area (Å²) in [5.74, 6) is 0.373. The van der Waals surface area contributed by atoms with Gasteiger partial charge in [-0.05, 0) is 12.5 Å². The van der Waals surface area contributed by atoms with Crippen LogP contribution in [-0.4, -0.2) is 49.0 Å². The van der Waals surface area contributed by atoms with E-state index in [9.17, 15) is 18.5 Å². The maximum Gasteiger partial charge on any atom is 0.287 e. The average Bonchev–Trinajstić information content (AvgIpc) is 2.30. The second kappa shape index (κ2) is 5.93. The van der Waals surface area contributed by atoms with E-state index in [2.05, 4.69) is 10.3 Å². The third kappa shape index (κ3) is 4.14. The number of pyridine rings is 1. The highest BCUT2D eigenvalue weighted by Gasteiger charge is 2.14. The maximum atomic E-state index is 11.5. The zero-order valence-corrected chi connectivity index (χ0v) is 11.8. The van der Waals surface area contributed by atoms with E-state index in [1.807, 2.05) is 0 Å². The van der Waals surface area contributed by atoms with E-state index in [-0.39, 0.29) is 18.0 Å². The highest BCUT2D eigenvalue weighted by atomic mass is 32.2. The summed E-state index contributed by atoms with van der Waals surface area (Å²) in [4.78, 5) is 13.9. The van der Waals surface area contributed by atoms with Crippen LogP contribution in [0.1, 0.15) is 5.56 Å². The summed E-state index contributed by atoms with van der Waals surface area (Å²) in [5, 5.41) is 13.4. The molecule has 0 unspecified atom stereocenters. The molecule has 0 aliphatic heterocycles. The van der Waals surface area contributed by atoms with Crippen molar-refractivity contribution >= 4 is 21.5 Å². The van der Waals surface area contributed by atoms with Crippen LogP contribution in [0.3, 0.4) is 0 Å². The van der Waals surface area contributed by atoms with Crippen LogP contribution in [0, 0.1) is 17.0 Å². The van der Waals surface area contributed by atoms with Crippen LogP contribution in [-0.2, 0) is 10.0 Å². The minimum absolute atomic E-state index is 0.0713. The Labute approximate surface area is 111 Å². The SMILES string of the molecule is Cc1cc([N+](=O)[O-])cnc1NCCS(=O)(=O)N(C)C. The molecular formula is C10H16N4O4S. The molecule has 1 N–H and O–H groups in total. The topological polar surface area (TPSA) is 105 Å². The van der Waals surface area contributed by atoms with Crippen LogP contribution in [0.5, 0.6) is 0 Å². The van der Waals surface area contributed by atoms with Crippen molar-refractivity contribution in [2.24, 2.45) is 0 Å². The lowest BCUT2D eigenvalue weighted by Gasteiger charge is -2.12. The van der Waals surface area contributed by atoms with Gasteiger partial charge in [-0.2, -0.15) is 0 Å². The Morgan fingerprint density at radius 1 is 1.47 bits per heavy atom. The summed E-state index contributed by atoms with van der Waals surface area (Å²) in [6, 6.07) is 1.38. The molecule has 0 fully saturated rings. The van der Waals surface area contributed by atoms with Gasteiger partial charge in [0.1, 0.15) is 12.0 Å². The fraction of sp³-hybridized carbons (Fsp3) is 0.500. The van der Waals surface area contributed by atoms with E-state index in [1.165, 1.54) is 20.2 Å². The van der Waals surface area contributed by atoms with Crippen molar-refractivity contribution in [2.45, 2.75) is 6.92 Å². The van der Waals surface area contributed by atoms with Crippen LogP contribution in [0.25, 0.3) is 0 Å². The standard InChI is InChI=1S/C10H16N4O4S/c1-8-6-9(14(15)16)7-12-10(8)11-4-5-19(17,18)13(2)3/h6-7H,4-5H2,1-3H3,(H,11,12). The summed E-state index contributed by atoms with van der Waals surface area (Å²) in [6.07, 6.45) is 1.13. The van der Waals surface area contributed by atoms with E-state index in [4.69, 9.17) is 0 Å². The van der Waals surface area contributed by atoms with E-state index in [0.29, 0.717) is 11.4 Å². The van der Waals surface area contributed by atoms with Gasteiger partial charge >= 0.3 is 0 Å². The van der Waals surface area contributed by atoms with Crippen molar-refractivity contribution in [3.63, 3.8) is 0 Å². The number of nitrogens with one attached hydrogen (secondary N) is 1. The van der Waals surface area contributed by atoms with Gasteiger partial charge in [-0.3, -0.25) is 10.1 Å². The Morgan fingerprint density at radius 3 is 2.58 bits per heavy atom. The number of aryl methyl sites for hydroxylation is 1.